The van der Waals surface area contributed by atoms with Gasteiger partial charge in [0.05, 0.1) is 33.3 Å². The number of carbonyl (C=O) groups is 2. The quantitative estimate of drug-likeness (QED) is 0.201. The molecule has 0 heterocycles. The predicted octanol–water partition coefficient (Wildman–Crippen LogP) is 6.54. The van der Waals surface area contributed by atoms with Crippen molar-refractivity contribution in [3.05, 3.63) is 112 Å². The summed E-state index contributed by atoms with van der Waals surface area (Å²) in [5.41, 5.74) is 5.35. The molecule has 3 aromatic rings. The molecule has 202 valence electrons. The third-order valence-corrected chi connectivity index (χ3v) is 6.20. The van der Waals surface area contributed by atoms with Gasteiger partial charge in [-0.1, -0.05) is 78.4 Å². The molecule has 3 aromatic carbocycles. The Kier molecular flexibility index (Phi) is 10.4. The lowest BCUT2D eigenvalue weighted by molar-refractivity contribution is -0.102. The van der Waals surface area contributed by atoms with E-state index in [9.17, 15) is 14.7 Å². The van der Waals surface area contributed by atoms with Crippen molar-refractivity contribution in [2.24, 2.45) is 5.10 Å². The Morgan fingerprint density at radius 3 is 2.36 bits per heavy atom. The number of carbonyl (C=O) groups excluding carboxylic acids is 2. The first-order chi connectivity index (χ1) is 18.6. The average molecular weight is 544 g/mol. The highest BCUT2D eigenvalue weighted by atomic mass is 35.5. The summed E-state index contributed by atoms with van der Waals surface area (Å²) in [6, 6.07) is 23.1. The molecule has 0 aliphatic heterocycles. The number of rotatable bonds is 7. The van der Waals surface area contributed by atoms with Crippen LogP contribution in [0.15, 0.2) is 90.0 Å². The van der Waals surface area contributed by atoms with Crippen LogP contribution in [0.1, 0.15) is 54.2 Å². The van der Waals surface area contributed by atoms with E-state index in [0.717, 1.165) is 41.6 Å². The Hall–Kier alpha value is -4.00. The molecule has 2 N–H and O–H groups in total. The molecule has 0 unspecified atom stereocenters. The molecule has 0 radical (unpaired) electrons. The number of hydrogen-bond acceptors (Lipinski definition) is 5. The molecule has 39 heavy (non-hydrogen) atoms. The van der Waals surface area contributed by atoms with Gasteiger partial charge in [-0.3, -0.25) is 9.59 Å². The van der Waals surface area contributed by atoms with Gasteiger partial charge in [-0.2, -0.15) is 5.10 Å². The van der Waals surface area contributed by atoms with E-state index in [1.807, 2.05) is 41.4 Å². The maximum absolute atomic E-state index is 11.2. The van der Waals surface area contributed by atoms with Crippen LogP contribution < -0.4 is 10.3 Å². The molecule has 0 spiro atoms. The number of aryl methyl sites for hydroxylation is 1. The minimum Gasteiger partial charge on any atom is -0.386 e. The summed E-state index contributed by atoms with van der Waals surface area (Å²) in [5, 5.41) is 19.2. The van der Waals surface area contributed by atoms with Crippen molar-refractivity contribution < 1.29 is 14.7 Å². The highest BCUT2D eigenvalue weighted by molar-refractivity contribution is 6.33. The Balaban J connectivity index is 0.000000320. The van der Waals surface area contributed by atoms with Crippen LogP contribution in [0.5, 0.6) is 0 Å². The first-order valence-corrected chi connectivity index (χ1v) is 13.1. The minimum atomic E-state index is -0.854. The monoisotopic (exact) mass is 543 g/mol. The maximum atomic E-state index is 11.2. The highest BCUT2D eigenvalue weighted by Crippen LogP contribution is 2.33. The number of halogens is 1. The first kappa shape index (κ1) is 29.6. The molecule has 0 saturated heterocycles. The van der Waals surface area contributed by atoms with E-state index in [-0.39, 0.29) is 5.91 Å². The zero-order chi connectivity index (χ0) is 28.4. The van der Waals surface area contributed by atoms with E-state index in [2.05, 4.69) is 34.7 Å². The molecule has 0 bridgehead atoms. The number of hydrazone groups is 1. The third-order valence-electron chi connectivity index (χ3n) is 5.87. The lowest BCUT2D eigenvalue weighted by Crippen LogP contribution is -2.20. The number of benzene rings is 3. The molecule has 0 saturated carbocycles. The van der Waals surface area contributed by atoms with Crippen molar-refractivity contribution in [2.75, 3.05) is 12.1 Å². The lowest BCUT2D eigenvalue weighted by Gasteiger charge is -2.27. The van der Waals surface area contributed by atoms with Crippen LogP contribution in [0.2, 0.25) is 5.02 Å². The van der Waals surface area contributed by atoms with Gasteiger partial charge in [0.2, 0.25) is 0 Å². The summed E-state index contributed by atoms with van der Waals surface area (Å²) in [7, 11) is 1.58. The molecule has 0 atom stereocenters. The molecular weight excluding hydrogens is 510 g/mol. The van der Waals surface area contributed by atoms with Gasteiger partial charge in [-0.15, -0.1) is 0 Å². The second-order valence-electron chi connectivity index (χ2n) is 9.59. The minimum absolute atomic E-state index is 0.157. The van der Waals surface area contributed by atoms with Crippen LogP contribution in [0.3, 0.4) is 0 Å². The molecule has 7 heteroatoms. The lowest BCUT2D eigenvalue weighted by atomic mass is 9.94. The van der Waals surface area contributed by atoms with Gasteiger partial charge in [0.15, 0.2) is 6.29 Å². The number of allylic oxidation sites excluding steroid dienone is 1. The van der Waals surface area contributed by atoms with Gasteiger partial charge in [-0.05, 0) is 69.0 Å². The number of nitrogens with one attached hydrogen (secondary N) is 1. The summed E-state index contributed by atoms with van der Waals surface area (Å²) >= 11 is 5.74. The smallest absolute Gasteiger partial charge is 0.252 e. The van der Waals surface area contributed by atoms with Gasteiger partial charge in [0, 0.05) is 12.6 Å². The van der Waals surface area contributed by atoms with E-state index >= 15 is 0 Å². The van der Waals surface area contributed by atoms with E-state index in [1.165, 1.54) is 5.56 Å². The van der Waals surface area contributed by atoms with Crippen LogP contribution in [-0.2, 0) is 11.2 Å². The topological polar surface area (TPSA) is 82.0 Å². The molecular formula is C32H34ClN3O3. The molecule has 1 aliphatic carbocycles. The Labute approximate surface area is 235 Å². The van der Waals surface area contributed by atoms with Crippen LogP contribution >= 0.6 is 11.6 Å². The Morgan fingerprint density at radius 2 is 1.72 bits per heavy atom. The van der Waals surface area contributed by atoms with Crippen LogP contribution in [-0.4, -0.2) is 35.7 Å². The Morgan fingerprint density at radius 1 is 1.05 bits per heavy atom. The van der Waals surface area contributed by atoms with Crippen molar-refractivity contribution in [1.82, 2.24) is 5.32 Å². The van der Waals surface area contributed by atoms with E-state index in [0.29, 0.717) is 16.3 Å². The largest absolute Gasteiger partial charge is 0.386 e. The normalized spacial score (nSPS) is 13.1. The number of hydrogen-bond donors (Lipinski definition) is 2. The number of fused-ring (bicyclic) bond motifs is 1. The number of aldehydes is 1. The number of amides is 1. The third kappa shape index (κ3) is 8.50. The maximum Gasteiger partial charge on any atom is 0.252 e. The fourth-order valence-corrected chi connectivity index (χ4v) is 4.12. The molecule has 6 nitrogen and oxygen atoms in total. The predicted molar refractivity (Wildman–Crippen MR) is 161 cm³/mol. The van der Waals surface area contributed by atoms with Crippen molar-refractivity contribution in [3.63, 3.8) is 0 Å². The molecule has 0 fully saturated rings. The van der Waals surface area contributed by atoms with Crippen molar-refractivity contribution in [3.8, 4) is 0 Å². The zero-order valence-corrected chi connectivity index (χ0v) is 23.4. The van der Waals surface area contributed by atoms with Crippen LogP contribution in [0, 0.1) is 0 Å². The number of anilines is 1. The average Bonchev–Trinajstić information content (AvgIpc) is 2.94. The molecule has 4 rings (SSSR count). The fraction of sp³-hybridized carbons (Fsp3) is 0.219. The van der Waals surface area contributed by atoms with Gasteiger partial charge in [0.25, 0.3) is 5.91 Å². The van der Waals surface area contributed by atoms with Gasteiger partial charge in [0.1, 0.15) is 0 Å². The van der Waals surface area contributed by atoms with Crippen LogP contribution in [0.25, 0.3) is 11.8 Å². The second kappa shape index (κ2) is 13.7. The van der Waals surface area contributed by atoms with E-state index in [1.54, 1.807) is 58.2 Å². The van der Waals surface area contributed by atoms with Gasteiger partial charge >= 0.3 is 0 Å². The number of aliphatic hydroxyl groups is 1. The summed E-state index contributed by atoms with van der Waals surface area (Å²) in [5.74, 6) is -0.157. The standard InChI is InChI=1S/C24H26N2O2.C8H8ClNO/c1-18(17-27)25-26(23-10-6-8-20-7-4-5-9-22(20)23)21-13-11-19(12-14-21)15-16-24(2,3)28;1-10-8(11)6-4-2-3-5-7(6)9/h4-5,7,9-17,28H,6,8H2,1-3H3;2-5H,1H3,(H,10,11)/b16-15+,25-18+;. The van der Waals surface area contributed by atoms with Gasteiger partial charge in [-0.25, -0.2) is 5.01 Å². The first-order valence-electron chi connectivity index (χ1n) is 12.7. The summed E-state index contributed by atoms with van der Waals surface area (Å²) in [6.07, 6.45) is 8.53. The number of nitrogens with zero attached hydrogens (tertiary/aromatic N) is 2. The second-order valence-corrected chi connectivity index (χ2v) is 10.0. The summed E-state index contributed by atoms with van der Waals surface area (Å²) in [6.45, 7) is 5.18. The molecule has 0 aromatic heterocycles. The molecule has 1 amide bonds. The fourth-order valence-electron chi connectivity index (χ4n) is 3.90. The van der Waals surface area contributed by atoms with Crippen LogP contribution in [0.4, 0.5) is 5.69 Å². The summed E-state index contributed by atoms with van der Waals surface area (Å²) in [4.78, 5) is 22.3. The summed E-state index contributed by atoms with van der Waals surface area (Å²) < 4.78 is 0. The van der Waals surface area contributed by atoms with E-state index < -0.39 is 5.60 Å². The zero-order valence-electron chi connectivity index (χ0n) is 22.7. The van der Waals surface area contributed by atoms with E-state index in [4.69, 9.17) is 11.6 Å². The van der Waals surface area contributed by atoms with Gasteiger partial charge < -0.3 is 10.4 Å². The SMILES string of the molecule is C/C(C=O)=N\N(C1=CCCc2ccccc21)c1ccc(/C=C/C(C)(C)O)cc1.CNC(=O)c1ccccc1Cl. The Bertz CT molecular complexity index is 1390. The highest BCUT2D eigenvalue weighted by Gasteiger charge is 2.19. The van der Waals surface area contributed by atoms with Crippen molar-refractivity contribution in [1.29, 1.82) is 0 Å². The van der Waals surface area contributed by atoms with Crippen molar-refractivity contribution >= 4 is 47.0 Å². The van der Waals surface area contributed by atoms with Crippen molar-refractivity contribution in [2.45, 2.75) is 39.2 Å². The molecule has 1 aliphatic rings.